The Kier molecular flexibility index (Phi) is 5.16. The molecular formula is C20H20N6O3. The second-order valence-electron chi connectivity index (χ2n) is 6.81. The Morgan fingerprint density at radius 2 is 2.00 bits per heavy atom. The second-order valence-corrected chi connectivity index (χ2v) is 6.81. The lowest BCUT2D eigenvalue weighted by Gasteiger charge is -2.30. The number of nitriles is 1. The van der Waals surface area contributed by atoms with E-state index >= 15 is 0 Å². The molecule has 0 bridgehead atoms. The van der Waals surface area contributed by atoms with Crippen molar-refractivity contribution in [3.05, 3.63) is 60.2 Å². The molecule has 29 heavy (non-hydrogen) atoms. The minimum absolute atomic E-state index is 0.0161. The molecule has 9 nitrogen and oxygen atoms in total. The number of rotatable bonds is 5. The van der Waals surface area contributed by atoms with Crippen LogP contribution in [0, 0.1) is 11.3 Å². The summed E-state index contributed by atoms with van der Waals surface area (Å²) in [4.78, 5) is 12.5. The molecule has 0 unspecified atom stereocenters. The van der Waals surface area contributed by atoms with Crippen LogP contribution >= 0.6 is 0 Å². The van der Waals surface area contributed by atoms with E-state index in [1.165, 1.54) is 4.90 Å². The average Bonchev–Trinajstić information content (AvgIpc) is 3.42. The van der Waals surface area contributed by atoms with Crippen LogP contribution in [0.25, 0.3) is 5.69 Å². The summed E-state index contributed by atoms with van der Waals surface area (Å²) in [6, 6.07) is 11.6. The fourth-order valence-corrected chi connectivity index (χ4v) is 3.48. The minimum atomic E-state index is -0.905. The maximum absolute atomic E-state index is 11.1. The number of aromatic nitrogens is 4. The number of nitrogens with zero attached hydrogens (tertiary/aromatic N) is 6. The number of hydrogen-bond donors (Lipinski definition) is 1. The van der Waals surface area contributed by atoms with Gasteiger partial charge in [-0.25, -0.2) is 9.48 Å². The van der Waals surface area contributed by atoms with Crippen LogP contribution in [0.15, 0.2) is 48.9 Å². The minimum Gasteiger partial charge on any atom is -0.489 e. The van der Waals surface area contributed by atoms with E-state index in [9.17, 15) is 10.1 Å². The van der Waals surface area contributed by atoms with E-state index in [0.717, 1.165) is 5.69 Å². The van der Waals surface area contributed by atoms with Gasteiger partial charge in [0.2, 0.25) is 0 Å². The van der Waals surface area contributed by atoms with Gasteiger partial charge in [0, 0.05) is 31.0 Å². The first-order valence-corrected chi connectivity index (χ1v) is 9.33. The third-order valence-electron chi connectivity index (χ3n) is 5.06. The fourth-order valence-electron chi connectivity index (χ4n) is 3.48. The van der Waals surface area contributed by atoms with Gasteiger partial charge in [0.1, 0.15) is 24.1 Å². The van der Waals surface area contributed by atoms with Crippen molar-refractivity contribution in [3.63, 3.8) is 0 Å². The molecule has 0 saturated carbocycles. The molecule has 148 valence electrons. The summed E-state index contributed by atoms with van der Waals surface area (Å²) >= 11 is 0. The molecule has 1 aromatic carbocycles. The van der Waals surface area contributed by atoms with Crippen molar-refractivity contribution in [2.75, 3.05) is 13.1 Å². The van der Waals surface area contributed by atoms with Crippen molar-refractivity contribution in [2.24, 2.45) is 0 Å². The van der Waals surface area contributed by atoms with Gasteiger partial charge in [0.05, 0.1) is 17.9 Å². The van der Waals surface area contributed by atoms with Crippen LogP contribution in [0.4, 0.5) is 4.79 Å². The van der Waals surface area contributed by atoms with Crippen LogP contribution in [0.2, 0.25) is 0 Å². The summed E-state index contributed by atoms with van der Waals surface area (Å²) in [5, 5.41) is 27.3. The smallest absolute Gasteiger partial charge is 0.407 e. The molecule has 0 atom stereocenters. The van der Waals surface area contributed by atoms with Crippen molar-refractivity contribution >= 4 is 6.09 Å². The van der Waals surface area contributed by atoms with Gasteiger partial charge in [-0.05, 0) is 43.2 Å². The maximum atomic E-state index is 11.1. The number of benzene rings is 1. The summed E-state index contributed by atoms with van der Waals surface area (Å²) < 4.78 is 9.30. The Balaban J connectivity index is 1.41. The van der Waals surface area contributed by atoms with E-state index in [1.54, 1.807) is 21.8 Å². The molecule has 2 aromatic heterocycles. The van der Waals surface area contributed by atoms with E-state index < -0.39 is 6.09 Å². The number of carbonyl (C=O) groups is 1. The van der Waals surface area contributed by atoms with Gasteiger partial charge in [0.15, 0.2) is 0 Å². The van der Waals surface area contributed by atoms with Crippen LogP contribution in [-0.2, 0) is 6.61 Å². The lowest BCUT2D eigenvalue weighted by molar-refractivity contribution is 0.123. The average molecular weight is 392 g/mol. The second kappa shape index (κ2) is 8.06. The fraction of sp³-hybridized carbons (Fsp3) is 0.300. The first-order chi connectivity index (χ1) is 14.2. The first kappa shape index (κ1) is 18.6. The number of piperidine rings is 1. The van der Waals surface area contributed by atoms with Crippen LogP contribution in [0.3, 0.4) is 0 Å². The van der Waals surface area contributed by atoms with Gasteiger partial charge < -0.3 is 14.7 Å². The first-order valence-electron chi connectivity index (χ1n) is 9.33. The van der Waals surface area contributed by atoms with Gasteiger partial charge in [-0.1, -0.05) is 0 Å². The lowest BCUT2D eigenvalue weighted by atomic mass is 10.1. The molecule has 0 aliphatic carbocycles. The van der Waals surface area contributed by atoms with E-state index in [2.05, 4.69) is 16.3 Å². The van der Waals surface area contributed by atoms with Crippen molar-refractivity contribution in [1.29, 1.82) is 5.26 Å². The molecule has 4 rings (SSSR count). The van der Waals surface area contributed by atoms with E-state index in [4.69, 9.17) is 9.84 Å². The van der Waals surface area contributed by atoms with Gasteiger partial charge >= 0.3 is 6.09 Å². The topological polar surface area (TPSA) is 109 Å². The largest absolute Gasteiger partial charge is 0.489 e. The van der Waals surface area contributed by atoms with Crippen molar-refractivity contribution in [2.45, 2.75) is 25.5 Å². The quantitative estimate of drug-likeness (QED) is 0.715. The number of likely N-dealkylation sites (tertiary alicyclic amines) is 1. The zero-order valence-corrected chi connectivity index (χ0v) is 15.7. The van der Waals surface area contributed by atoms with Crippen LogP contribution in [-0.4, -0.2) is 48.8 Å². The third kappa shape index (κ3) is 3.91. The monoisotopic (exact) mass is 392 g/mol. The number of ether oxygens (including phenoxy) is 1. The standard InChI is InChI=1S/C20H20N6O3/c21-12-19-15(13-23-26(19)17-6-10-24(11-7-17)20(27)28)14-29-18-4-2-16(3-5-18)25-9-1-8-22-25/h1-5,8-9,13,17H,6-7,10-11,14H2,(H,27,28). The van der Waals surface area contributed by atoms with E-state index in [-0.39, 0.29) is 12.6 Å². The van der Waals surface area contributed by atoms with Gasteiger partial charge in [-0.15, -0.1) is 0 Å². The Hall–Kier alpha value is -3.80. The molecular weight excluding hydrogens is 372 g/mol. The van der Waals surface area contributed by atoms with Crippen LogP contribution < -0.4 is 4.74 Å². The summed E-state index contributed by atoms with van der Waals surface area (Å²) in [7, 11) is 0. The molecule has 1 N–H and O–H groups in total. The number of carboxylic acid groups (broad SMARTS) is 1. The molecule has 0 spiro atoms. The highest BCUT2D eigenvalue weighted by Crippen LogP contribution is 2.25. The molecule has 3 heterocycles. The predicted octanol–water partition coefficient (Wildman–Crippen LogP) is 2.83. The Labute approximate surface area is 167 Å². The molecule has 1 fully saturated rings. The molecule has 0 radical (unpaired) electrons. The van der Waals surface area contributed by atoms with Crippen molar-refractivity contribution in [3.8, 4) is 17.5 Å². The summed E-state index contributed by atoms with van der Waals surface area (Å²) in [5.41, 5.74) is 2.11. The van der Waals surface area contributed by atoms with Gasteiger partial charge in [0.25, 0.3) is 0 Å². The zero-order chi connectivity index (χ0) is 20.2. The SMILES string of the molecule is N#Cc1c(COc2ccc(-n3cccn3)cc2)cnn1C1CCN(C(=O)O)CC1. The highest BCUT2D eigenvalue weighted by atomic mass is 16.5. The summed E-state index contributed by atoms with van der Waals surface area (Å²) in [5.74, 6) is 0.687. The van der Waals surface area contributed by atoms with E-state index in [0.29, 0.717) is 42.9 Å². The molecule has 3 aromatic rings. The molecule has 1 aliphatic rings. The Morgan fingerprint density at radius 1 is 1.24 bits per heavy atom. The highest BCUT2D eigenvalue weighted by Gasteiger charge is 2.26. The van der Waals surface area contributed by atoms with Crippen molar-refractivity contribution in [1.82, 2.24) is 24.5 Å². The van der Waals surface area contributed by atoms with E-state index in [1.807, 2.05) is 36.5 Å². The third-order valence-corrected chi connectivity index (χ3v) is 5.06. The Bertz CT molecular complexity index is 1010. The maximum Gasteiger partial charge on any atom is 0.407 e. The molecule has 9 heteroatoms. The lowest BCUT2D eigenvalue weighted by Crippen LogP contribution is -2.38. The van der Waals surface area contributed by atoms with Crippen molar-refractivity contribution < 1.29 is 14.6 Å². The molecule has 1 amide bonds. The predicted molar refractivity (Wildman–Crippen MR) is 103 cm³/mol. The molecule has 1 saturated heterocycles. The Morgan fingerprint density at radius 3 is 2.62 bits per heavy atom. The zero-order valence-electron chi connectivity index (χ0n) is 15.7. The summed E-state index contributed by atoms with van der Waals surface area (Å²) in [6.07, 6.45) is 5.61. The van der Waals surface area contributed by atoms with Gasteiger partial charge in [-0.2, -0.15) is 15.5 Å². The van der Waals surface area contributed by atoms with Crippen LogP contribution in [0.1, 0.15) is 30.1 Å². The summed E-state index contributed by atoms with van der Waals surface area (Å²) in [6.45, 7) is 1.12. The number of amides is 1. The normalized spacial score (nSPS) is 14.5. The molecule has 1 aliphatic heterocycles. The number of hydrogen-bond acceptors (Lipinski definition) is 5. The van der Waals surface area contributed by atoms with Gasteiger partial charge in [-0.3, -0.25) is 4.68 Å². The van der Waals surface area contributed by atoms with Crippen LogP contribution in [0.5, 0.6) is 5.75 Å². The highest BCUT2D eigenvalue weighted by molar-refractivity contribution is 5.65.